The van der Waals surface area contributed by atoms with Crippen LogP contribution in [0.15, 0.2) is 0 Å². The van der Waals surface area contributed by atoms with Gasteiger partial charge in [0, 0.05) is 12.8 Å². The smallest absolute Gasteiger partial charge is 0.401 e. The third-order valence-electron chi connectivity index (χ3n) is 1.69. The zero-order chi connectivity index (χ0) is 12.1. The van der Waals surface area contributed by atoms with Crippen molar-refractivity contribution >= 4 is 18.2 Å². The summed E-state index contributed by atoms with van der Waals surface area (Å²) in [7, 11) is 0. The van der Waals surface area contributed by atoms with Gasteiger partial charge in [0.25, 0.3) is 0 Å². The largest absolute Gasteiger partial charge is 0.523 e. The van der Waals surface area contributed by atoms with E-state index in [-0.39, 0.29) is 12.8 Å². The van der Waals surface area contributed by atoms with Gasteiger partial charge < -0.3 is 19.1 Å². The molecular weight excluding hydrogens is 220 g/mol. The van der Waals surface area contributed by atoms with E-state index < -0.39 is 16.9 Å². The predicted molar refractivity (Wildman–Crippen MR) is 57.0 cm³/mol. The number of carbonyl (C=O) groups is 1. The first-order valence-corrected chi connectivity index (χ1v) is 5.50. The van der Waals surface area contributed by atoms with E-state index >= 15 is 0 Å². The number of rotatable bonds is 5. The van der Waals surface area contributed by atoms with Gasteiger partial charge in [0.05, 0.1) is 12.0 Å². The third kappa shape index (κ3) is 6.59. The summed E-state index contributed by atoms with van der Waals surface area (Å²) in [6, 6.07) is 0. The molecule has 0 heterocycles. The van der Waals surface area contributed by atoms with Crippen molar-refractivity contribution in [3.8, 4) is 0 Å². The Kier molecular flexibility index (Phi) is 5.41. The molecule has 0 saturated heterocycles. The molecule has 0 radical (unpaired) electrons. The van der Waals surface area contributed by atoms with Crippen LogP contribution in [0.2, 0.25) is 0 Å². The Morgan fingerprint density at radius 2 is 1.73 bits per heavy atom. The monoisotopic (exact) mass is 238 g/mol. The van der Waals surface area contributed by atoms with Gasteiger partial charge in [-0.25, -0.2) is 4.79 Å². The van der Waals surface area contributed by atoms with Crippen LogP contribution in [0.4, 0.5) is 4.79 Å². The number of hydrogen-bond donors (Lipinski definition) is 2. The van der Waals surface area contributed by atoms with E-state index in [1.54, 1.807) is 13.8 Å². The molecule has 2 N–H and O–H groups in total. The molecule has 0 spiro atoms. The highest BCUT2D eigenvalue weighted by atomic mass is 32.2. The first-order valence-electron chi connectivity index (χ1n) is 4.76. The highest BCUT2D eigenvalue weighted by Gasteiger charge is 2.29. The van der Waals surface area contributed by atoms with Gasteiger partial charge in [0.2, 0.25) is 5.79 Å². The van der Waals surface area contributed by atoms with Gasteiger partial charge in [0.15, 0.2) is 0 Å². The lowest BCUT2D eigenvalue weighted by Crippen LogP contribution is -2.33. The normalized spacial score (nSPS) is 12.4. The van der Waals surface area contributed by atoms with Crippen molar-refractivity contribution in [3.63, 3.8) is 0 Å². The molecule has 0 rings (SSSR count). The van der Waals surface area contributed by atoms with Gasteiger partial charge in [-0.05, 0) is 13.8 Å². The van der Waals surface area contributed by atoms with Crippen molar-refractivity contribution in [2.75, 3.05) is 0 Å². The molecule has 0 aliphatic heterocycles. The molecule has 0 aromatic heterocycles. The van der Waals surface area contributed by atoms with Crippen LogP contribution in [0.25, 0.3) is 0 Å². The molecule has 0 aromatic rings. The average Bonchev–Trinajstić information content (AvgIpc) is 2.13. The summed E-state index contributed by atoms with van der Waals surface area (Å²) >= 11 is 0.573. The van der Waals surface area contributed by atoms with E-state index in [0.29, 0.717) is 12.0 Å². The molecule has 0 amide bonds. The zero-order valence-corrected chi connectivity index (χ0v) is 10.3. The van der Waals surface area contributed by atoms with E-state index in [1.165, 1.54) is 13.8 Å². The van der Waals surface area contributed by atoms with Crippen LogP contribution >= 0.6 is 12.0 Å². The zero-order valence-electron chi connectivity index (χ0n) is 9.44. The van der Waals surface area contributed by atoms with Crippen LogP contribution < -0.4 is 0 Å². The minimum Gasteiger partial charge on any atom is -0.401 e. The molecule has 5 nitrogen and oxygen atoms in total. The Balaban J connectivity index is 4.04. The summed E-state index contributed by atoms with van der Waals surface area (Å²) in [6.07, 6.45) is -0.439. The fourth-order valence-corrected chi connectivity index (χ4v) is 1.01. The summed E-state index contributed by atoms with van der Waals surface area (Å²) < 4.78 is 9.25. The van der Waals surface area contributed by atoms with Gasteiger partial charge in [-0.2, -0.15) is 0 Å². The van der Waals surface area contributed by atoms with Crippen LogP contribution in [-0.4, -0.2) is 27.1 Å². The Morgan fingerprint density at radius 1 is 1.27 bits per heavy atom. The second kappa shape index (κ2) is 5.58. The van der Waals surface area contributed by atoms with Crippen LogP contribution in [-0.2, 0) is 8.92 Å². The molecular formula is C9H18O5S. The maximum absolute atomic E-state index is 11.1. The summed E-state index contributed by atoms with van der Waals surface area (Å²) in [6.45, 7) is 6.33. The number of carbonyl (C=O) groups excluding carboxylic acids is 1. The van der Waals surface area contributed by atoms with E-state index in [9.17, 15) is 15.0 Å². The Bertz CT molecular complexity index is 207. The van der Waals surface area contributed by atoms with Crippen molar-refractivity contribution in [2.45, 2.75) is 51.3 Å². The standard InChI is InChI=1S/C9H18O5S/c1-5-9(12,6-2)13-7(10)14-15-8(3,4)11/h11-12H,5-6H2,1-4H3. The van der Waals surface area contributed by atoms with Gasteiger partial charge in [-0.1, -0.05) is 13.8 Å². The van der Waals surface area contributed by atoms with E-state index in [2.05, 4.69) is 4.18 Å². The van der Waals surface area contributed by atoms with Crippen LogP contribution in [0, 0.1) is 0 Å². The lowest BCUT2D eigenvalue weighted by atomic mass is 10.1. The van der Waals surface area contributed by atoms with Crippen molar-refractivity contribution in [1.82, 2.24) is 0 Å². The summed E-state index contributed by atoms with van der Waals surface area (Å²) in [4.78, 5) is 9.90. The topological polar surface area (TPSA) is 76.0 Å². The average molecular weight is 238 g/mol. The fraction of sp³-hybridized carbons (Fsp3) is 0.889. The molecule has 0 saturated carbocycles. The van der Waals surface area contributed by atoms with Crippen molar-refractivity contribution in [1.29, 1.82) is 0 Å². The van der Waals surface area contributed by atoms with E-state index in [1.807, 2.05) is 0 Å². The molecule has 15 heavy (non-hydrogen) atoms. The molecule has 0 fully saturated rings. The molecule has 6 heteroatoms. The SMILES string of the molecule is CCC(O)(CC)OC(=O)OSC(C)(C)O. The van der Waals surface area contributed by atoms with E-state index in [4.69, 9.17) is 4.74 Å². The fourth-order valence-electron chi connectivity index (χ4n) is 0.702. The lowest BCUT2D eigenvalue weighted by molar-refractivity contribution is -0.173. The second-order valence-corrected chi connectivity index (χ2v) is 4.95. The van der Waals surface area contributed by atoms with E-state index in [0.717, 1.165) is 0 Å². The Labute approximate surface area is 94.0 Å². The first kappa shape index (κ1) is 14.5. The quantitative estimate of drug-likeness (QED) is 0.433. The number of ether oxygens (including phenoxy) is 1. The van der Waals surface area contributed by atoms with Crippen LogP contribution in [0.3, 0.4) is 0 Å². The second-order valence-electron chi connectivity index (χ2n) is 3.62. The van der Waals surface area contributed by atoms with Gasteiger partial charge in [-0.3, -0.25) is 0 Å². The summed E-state index contributed by atoms with van der Waals surface area (Å²) in [5.74, 6) is -1.49. The highest BCUT2D eigenvalue weighted by Crippen LogP contribution is 2.24. The Hall–Kier alpha value is -0.460. The summed E-state index contributed by atoms with van der Waals surface area (Å²) in [5.41, 5.74) is 0. The number of aliphatic hydroxyl groups is 2. The Morgan fingerprint density at radius 3 is 2.07 bits per heavy atom. The lowest BCUT2D eigenvalue weighted by Gasteiger charge is -2.24. The van der Waals surface area contributed by atoms with Crippen LogP contribution in [0.5, 0.6) is 0 Å². The first-order chi connectivity index (χ1) is 6.72. The summed E-state index contributed by atoms with van der Waals surface area (Å²) in [5, 5.41) is 18.9. The molecule has 90 valence electrons. The van der Waals surface area contributed by atoms with Crippen molar-refractivity contribution < 1.29 is 23.9 Å². The van der Waals surface area contributed by atoms with Crippen molar-refractivity contribution in [2.24, 2.45) is 0 Å². The van der Waals surface area contributed by atoms with Gasteiger partial charge >= 0.3 is 6.16 Å². The number of hydrogen-bond acceptors (Lipinski definition) is 6. The van der Waals surface area contributed by atoms with Gasteiger partial charge in [-0.15, -0.1) is 0 Å². The maximum atomic E-state index is 11.1. The molecule has 0 aromatic carbocycles. The minimum absolute atomic E-state index is 0.284. The predicted octanol–water partition coefficient (Wildman–Crippen LogP) is 2.02. The van der Waals surface area contributed by atoms with Crippen LogP contribution in [0.1, 0.15) is 40.5 Å². The molecule has 0 bridgehead atoms. The third-order valence-corrected chi connectivity index (χ3v) is 2.32. The minimum atomic E-state index is -1.49. The highest BCUT2D eigenvalue weighted by molar-refractivity contribution is 7.96. The molecule has 0 unspecified atom stereocenters. The van der Waals surface area contributed by atoms with Gasteiger partial charge in [0.1, 0.15) is 4.93 Å². The molecule has 0 atom stereocenters. The molecule has 0 aliphatic rings. The molecule has 0 aliphatic carbocycles. The maximum Gasteiger partial charge on any atom is 0.523 e. The van der Waals surface area contributed by atoms with Crippen molar-refractivity contribution in [3.05, 3.63) is 0 Å².